The van der Waals surface area contributed by atoms with Crippen molar-refractivity contribution in [2.45, 2.75) is 6.29 Å². The van der Waals surface area contributed by atoms with Gasteiger partial charge in [0.05, 0.1) is 0 Å². The average Bonchev–Trinajstić information content (AvgIpc) is 2.33. The van der Waals surface area contributed by atoms with Crippen LogP contribution in [0, 0.1) is 0 Å². The molecule has 1 heterocycles. The lowest BCUT2D eigenvalue weighted by atomic mass is 10.6. The fraction of sp³-hybridized carbons (Fsp3) is 0.167. The van der Waals surface area contributed by atoms with Crippen molar-refractivity contribution in [3.63, 3.8) is 0 Å². The third-order valence-electron chi connectivity index (χ3n) is 1.13. The summed E-state index contributed by atoms with van der Waals surface area (Å²) in [5.41, 5.74) is 0. The second-order valence-electron chi connectivity index (χ2n) is 1.75. The van der Waals surface area contributed by atoms with Crippen LogP contribution in [0.3, 0.4) is 0 Å². The maximum absolute atomic E-state index is 8.65. The molecular formula is C6H8N2O2. The highest BCUT2D eigenvalue weighted by atomic mass is 16.5. The van der Waals surface area contributed by atoms with E-state index in [1.54, 1.807) is 6.20 Å². The number of hydrogen-bond acceptors (Lipinski definition) is 3. The van der Waals surface area contributed by atoms with Crippen LogP contribution in [0.25, 0.3) is 6.20 Å². The number of aromatic nitrogens is 2. The van der Waals surface area contributed by atoms with Crippen molar-refractivity contribution in [2.75, 3.05) is 0 Å². The number of hydrogen-bond donors (Lipinski definition) is 2. The molecule has 0 aliphatic heterocycles. The number of nitrogens with zero attached hydrogens (tertiary/aromatic N) is 2. The predicted molar refractivity (Wildman–Crippen MR) is 35.8 cm³/mol. The summed E-state index contributed by atoms with van der Waals surface area (Å²) < 4.78 is 1.44. The van der Waals surface area contributed by atoms with Crippen molar-refractivity contribution in [3.8, 4) is 0 Å². The van der Waals surface area contributed by atoms with E-state index in [2.05, 4.69) is 11.6 Å². The van der Waals surface area contributed by atoms with Crippen molar-refractivity contribution in [1.29, 1.82) is 0 Å². The fourth-order valence-electron chi connectivity index (χ4n) is 0.679. The van der Waals surface area contributed by atoms with Gasteiger partial charge in [-0.15, -0.1) is 0 Å². The number of rotatable bonds is 2. The van der Waals surface area contributed by atoms with E-state index in [1.165, 1.54) is 17.0 Å². The van der Waals surface area contributed by atoms with Gasteiger partial charge in [0.15, 0.2) is 5.82 Å². The lowest BCUT2D eigenvalue weighted by molar-refractivity contribution is -0.0500. The van der Waals surface area contributed by atoms with E-state index in [-0.39, 0.29) is 5.82 Å². The minimum atomic E-state index is -1.53. The van der Waals surface area contributed by atoms with Crippen molar-refractivity contribution >= 4 is 6.20 Å². The Morgan fingerprint density at radius 1 is 1.70 bits per heavy atom. The summed E-state index contributed by atoms with van der Waals surface area (Å²) in [6.45, 7) is 3.45. The van der Waals surface area contributed by atoms with Gasteiger partial charge in [-0.1, -0.05) is 6.58 Å². The largest absolute Gasteiger partial charge is 0.362 e. The van der Waals surface area contributed by atoms with E-state index in [0.29, 0.717) is 0 Å². The molecule has 54 valence electrons. The van der Waals surface area contributed by atoms with Gasteiger partial charge < -0.3 is 14.8 Å². The van der Waals surface area contributed by atoms with Crippen LogP contribution in [0.5, 0.6) is 0 Å². The van der Waals surface area contributed by atoms with Crippen LogP contribution >= 0.6 is 0 Å². The Morgan fingerprint density at radius 3 is 2.80 bits per heavy atom. The molecule has 0 radical (unpaired) electrons. The highest BCUT2D eigenvalue weighted by Crippen LogP contribution is 2.05. The molecule has 1 aromatic rings. The smallest absolute Gasteiger partial charge is 0.212 e. The average molecular weight is 140 g/mol. The van der Waals surface area contributed by atoms with Crippen molar-refractivity contribution in [3.05, 3.63) is 24.8 Å². The first-order valence-corrected chi connectivity index (χ1v) is 2.77. The quantitative estimate of drug-likeness (QED) is 0.567. The lowest BCUT2D eigenvalue weighted by Crippen LogP contribution is -2.02. The molecule has 0 unspecified atom stereocenters. The molecule has 0 aliphatic rings. The summed E-state index contributed by atoms with van der Waals surface area (Å²) in [7, 11) is 0. The van der Waals surface area contributed by atoms with Crippen molar-refractivity contribution < 1.29 is 10.2 Å². The maximum Gasteiger partial charge on any atom is 0.212 e. The van der Waals surface area contributed by atoms with Crippen molar-refractivity contribution in [2.24, 2.45) is 0 Å². The first-order valence-electron chi connectivity index (χ1n) is 2.77. The molecule has 0 amide bonds. The molecule has 1 aromatic heterocycles. The van der Waals surface area contributed by atoms with Gasteiger partial charge in [-0.2, -0.15) is 0 Å². The zero-order valence-corrected chi connectivity index (χ0v) is 5.31. The number of aliphatic hydroxyl groups is 2. The van der Waals surface area contributed by atoms with Crippen LogP contribution in [-0.2, 0) is 0 Å². The summed E-state index contributed by atoms with van der Waals surface area (Å²) in [5, 5.41) is 17.3. The zero-order valence-electron chi connectivity index (χ0n) is 5.31. The van der Waals surface area contributed by atoms with Gasteiger partial charge in [0.25, 0.3) is 0 Å². The molecule has 0 spiro atoms. The summed E-state index contributed by atoms with van der Waals surface area (Å²) in [4.78, 5) is 3.68. The predicted octanol–water partition coefficient (Wildman–Crippen LogP) is -0.0332. The Bertz CT molecular complexity index is 229. The van der Waals surface area contributed by atoms with Gasteiger partial charge >= 0.3 is 0 Å². The highest BCUT2D eigenvalue weighted by Gasteiger charge is 2.06. The highest BCUT2D eigenvalue weighted by molar-refractivity contribution is 5.19. The standard InChI is InChI=1S/C6H8N2O2/c1-2-8-4-3-7-5(8)6(9)10/h2-4,6,9-10H,1H2. The molecule has 10 heavy (non-hydrogen) atoms. The second-order valence-corrected chi connectivity index (χ2v) is 1.75. The molecule has 0 atom stereocenters. The molecule has 1 rings (SSSR count). The molecule has 2 N–H and O–H groups in total. The van der Waals surface area contributed by atoms with Crippen LogP contribution in [-0.4, -0.2) is 19.8 Å². The molecule has 4 heteroatoms. The van der Waals surface area contributed by atoms with E-state index >= 15 is 0 Å². The Kier molecular flexibility index (Phi) is 1.84. The van der Waals surface area contributed by atoms with Crippen LogP contribution in [0.15, 0.2) is 19.0 Å². The summed E-state index contributed by atoms with van der Waals surface area (Å²) >= 11 is 0. The molecular weight excluding hydrogens is 132 g/mol. The summed E-state index contributed by atoms with van der Waals surface area (Å²) in [6.07, 6.45) is 2.97. The Labute approximate surface area is 58.1 Å². The number of imidazole rings is 1. The maximum atomic E-state index is 8.65. The third-order valence-corrected chi connectivity index (χ3v) is 1.13. The molecule has 0 saturated heterocycles. The van der Waals surface area contributed by atoms with E-state index in [9.17, 15) is 0 Å². The second kappa shape index (κ2) is 2.64. The summed E-state index contributed by atoms with van der Waals surface area (Å²) in [5.74, 6) is 0.176. The monoisotopic (exact) mass is 140 g/mol. The molecule has 0 bridgehead atoms. The van der Waals surface area contributed by atoms with E-state index in [4.69, 9.17) is 10.2 Å². The van der Waals surface area contributed by atoms with Gasteiger partial charge in [-0.05, 0) is 0 Å². The van der Waals surface area contributed by atoms with Crippen molar-refractivity contribution in [1.82, 2.24) is 9.55 Å². The van der Waals surface area contributed by atoms with Crippen LogP contribution in [0.2, 0.25) is 0 Å². The lowest BCUT2D eigenvalue weighted by Gasteiger charge is -2.01. The SMILES string of the molecule is C=Cn1ccnc1C(O)O. The first-order chi connectivity index (χ1) is 4.75. The third kappa shape index (κ3) is 1.07. The van der Waals surface area contributed by atoms with Gasteiger partial charge in [0.1, 0.15) is 0 Å². The van der Waals surface area contributed by atoms with E-state index in [1.807, 2.05) is 0 Å². The summed E-state index contributed by atoms with van der Waals surface area (Å²) in [6, 6.07) is 0. The zero-order chi connectivity index (χ0) is 7.56. The fourth-order valence-corrected chi connectivity index (χ4v) is 0.679. The molecule has 0 fully saturated rings. The molecule has 4 nitrogen and oxygen atoms in total. The Morgan fingerprint density at radius 2 is 2.40 bits per heavy atom. The van der Waals surface area contributed by atoms with Gasteiger partial charge in [-0.3, -0.25) is 0 Å². The Hall–Kier alpha value is -1.13. The molecule has 0 aromatic carbocycles. The van der Waals surface area contributed by atoms with Gasteiger partial charge in [0.2, 0.25) is 6.29 Å². The first kappa shape index (κ1) is 6.98. The molecule has 0 aliphatic carbocycles. The van der Waals surface area contributed by atoms with Crippen LogP contribution < -0.4 is 0 Å². The van der Waals surface area contributed by atoms with Gasteiger partial charge in [-0.25, -0.2) is 4.98 Å². The number of aliphatic hydroxyl groups excluding tert-OH is 1. The Balaban J connectivity index is 3.01. The molecule has 0 saturated carbocycles. The minimum absolute atomic E-state index is 0.176. The van der Waals surface area contributed by atoms with Gasteiger partial charge in [0, 0.05) is 18.6 Å². The minimum Gasteiger partial charge on any atom is -0.362 e. The normalized spacial score (nSPS) is 10.3. The van der Waals surface area contributed by atoms with E-state index in [0.717, 1.165) is 0 Å². The topological polar surface area (TPSA) is 58.3 Å². The van der Waals surface area contributed by atoms with Crippen LogP contribution in [0.4, 0.5) is 0 Å². The van der Waals surface area contributed by atoms with Crippen LogP contribution in [0.1, 0.15) is 12.1 Å². The van der Waals surface area contributed by atoms with E-state index < -0.39 is 6.29 Å².